The molecule has 1 aliphatic rings. The lowest BCUT2D eigenvalue weighted by molar-refractivity contribution is 0.261. The predicted octanol–water partition coefficient (Wildman–Crippen LogP) is 6.68. The van der Waals surface area contributed by atoms with Crippen LogP contribution in [0, 0.1) is 4.91 Å². The van der Waals surface area contributed by atoms with E-state index in [-0.39, 0.29) is 10.9 Å². The first kappa shape index (κ1) is 25.6. The van der Waals surface area contributed by atoms with Crippen molar-refractivity contribution < 1.29 is 4.18 Å². The van der Waals surface area contributed by atoms with Gasteiger partial charge in [-0.1, -0.05) is 65.0 Å². The summed E-state index contributed by atoms with van der Waals surface area (Å²) in [6, 6.07) is 7.46. The van der Waals surface area contributed by atoms with Gasteiger partial charge in [-0.3, -0.25) is 0 Å². The van der Waals surface area contributed by atoms with Crippen molar-refractivity contribution in [2.24, 2.45) is 5.18 Å². The predicted molar refractivity (Wildman–Crippen MR) is 130 cm³/mol. The minimum atomic E-state index is -1.20. The molecule has 0 bridgehead atoms. The number of hydrogen-bond acceptors (Lipinski definition) is 4. The molecule has 1 aliphatic carbocycles. The van der Waals surface area contributed by atoms with Crippen molar-refractivity contribution >= 4 is 16.0 Å². The van der Waals surface area contributed by atoms with E-state index in [4.69, 9.17) is 4.18 Å². The van der Waals surface area contributed by atoms with Gasteiger partial charge in [0.05, 0.1) is 0 Å². The van der Waals surface area contributed by atoms with Crippen LogP contribution < -0.4 is 5.32 Å². The molecule has 1 atom stereocenters. The number of hydrogen-bond donors (Lipinski definition) is 1. The zero-order chi connectivity index (χ0) is 21.9. The van der Waals surface area contributed by atoms with Crippen LogP contribution in [0.5, 0.6) is 0 Å². The molecule has 0 radical (unpaired) electrons. The van der Waals surface area contributed by atoms with Crippen molar-refractivity contribution in [3.05, 3.63) is 58.5 Å². The van der Waals surface area contributed by atoms with Crippen LogP contribution in [0.2, 0.25) is 0 Å². The summed E-state index contributed by atoms with van der Waals surface area (Å²) in [5, 5.41) is 6.51. The van der Waals surface area contributed by atoms with Crippen LogP contribution in [0.25, 0.3) is 0 Å². The summed E-state index contributed by atoms with van der Waals surface area (Å²) in [5.74, 6) is 0. The highest BCUT2D eigenvalue weighted by atomic mass is 32.3. The van der Waals surface area contributed by atoms with Gasteiger partial charge in [-0.05, 0) is 66.8 Å². The van der Waals surface area contributed by atoms with Crippen molar-refractivity contribution in [2.45, 2.75) is 64.7 Å². The Kier molecular flexibility index (Phi) is 10.9. The molecule has 29 heavy (non-hydrogen) atoms. The fourth-order valence-electron chi connectivity index (χ4n) is 2.70. The topological polar surface area (TPSA) is 50.7 Å². The molecule has 0 heterocycles. The molecule has 2 rings (SSSR count). The Morgan fingerprint density at radius 3 is 2.31 bits per heavy atom. The van der Waals surface area contributed by atoms with Crippen LogP contribution in [0.4, 0.5) is 5.69 Å². The Bertz CT molecular complexity index is 673. The third-order valence-electron chi connectivity index (χ3n) is 5.19. The molecule has 1 aromatic carbocycles. The first-order valence-electron chi connectivity index (χ1n) is 10.6. The third kappa shape index (κ3) is 8.45. The van der Waals surface area contributed by atoms with E-state index in [0.717, 1.165) is 32.4 Å². The van der Waals surface area contributed by atoms with Gasteiger partial charge in [-0.25, -0.2) is 0 Å². The minimum Gasteiger partial charge on any atom is -0.327 e. The van der Waals surface area contributed by atoms with Crippen molar-refractivity contribution in [3.63, 3.8) is 0 Å². The highest BCUT2D eigenvalue weighted by molar-refractivity contribution is 8.29. The maximum Gasteiger partial charge on any atom is 0.108 e. The average Bonchev–Trinajstić information content (AvgIpc) is 2.72. The number of nitroso groups, excluding NO2 is 1. The van der Waals surface area contributed by atoms with E-state index in [1.54, 1.807) is 12.1 Å². The molecule has 1 aromatic rings. The summed E-state index contributed by atoms with van der Waals surface area (Å²) in [5.41, 5.74) is 2.97. The zero-order valence-corrected chi connectivity index (χ0v) is 20.1. The smallest absolute Gasteiger partial charge is 0.108 e. The second kappa shape index (κ2) is 12.3. The molecule has 164 valence electrons. The normalized spacial score (nSPS) is 15.8. The highest BCUT2D eigenvalue weighted by Gasteiger charge is 2.32. The SMILES string of the molecule is CC.CC(C)(C)S(C)(C)OC(CNCCc1ccc(N=O)cc1)C1=CCCC=C1. The highest BCUT2D eigenvalue weighted by Crippen LogP contribution is 2.55. The number of benzene rings is 1. The standard InChI is InChI=1S/C22H34N2O2S.C2H6/c1-22(2,3)27(4,5)26-21(19-9-7-6-8-10-19)17-23-16-15-18-11-13-20(24-25)14-12-18;1-2/h7,9-14,21,23H,6,8,15-17H2,1-5H3;1-2H3. The first-order valence-corrected chi connectivity index (χ1v) is 13.0. The first-order chi connectivity index (χ1) is 13.7. The van der Waals surface area contributed by atoms with Gasteiger partial charge in [0, 0.05) is 11.3 Å². The molecule has 1 unspecified atom stereocenters. The van der Waals surface area contributed by atoms with Gasteiger partial charge in [0.25, 0.3) is 0 Å². The maximum atomic E-state index is 10.5. The third-order valence-corrected chi connectivity index (χ3v) is 8.85. The molecule has 0 aliphatic heterocycles. The Balaban J connectivity index is 0.00000204. The summed E-state index contributed by atoms with van der Waals surface area (Å²) < 4.78 is 6.82. The average molecular weight is 421 g/mol. The molecule has 4 nitrogen and oxygen atoms in total. The Hall–Kier alpha value is -1.43. The molecule has 0 spiro atoms. The molecule has 0 amide bonds. The Labute approximate surface area is 179 Å². The van der Waals surface area contributed by atoms with Crippen LogP contribution in [-0.2, 0) is 10.6 Å². The summed E-state index contributed by atoms with van der Waals surface area (Å²) in [6.07, 6.45) is 14.5. The van der Waals surface area contributed by atoms with Gasteiger partial charge in [-0.2, -0.15) is 0 Å². The van der Waals surface area contributed by atoms with E-state index in [9.17, 15) is 4.91 Å². The zero-order valence-electron chi connectivity index (χ0n) is 19.3. The van der Waals surface area contributed by atoms with Gasteiger partial charge in [0.2, 0.25) is 0 Å². The van der Waals surface area contributed by atoms with Crippen LogP contribution in [0.15, 0.2) is 53.2 Å². The summed E-state index contributed by atoms with van der Waals surface area (Å²) in [6.45, 7) is 12.5. The van der Waals surface area contributed by atoms with Crippen LogP contribution in [-0.4, -0.2) is 36.5 Å². The Morgan fingerprint density at radius 2 is 1.79 bits per heavy atom. The molecular formula is C24H40N2O2S. The van der Waals surface area contributed by atoms with Crippen molar-refractivity contribution in [1.29, 1.82) is 0 Å². The summed E-state index contributed by atoms with van der Waals surface area (Å²) in [7, 11) is -1.20. The fraction of sp³-hybridized carbons (Fsp3) is 0.583. The van der Waals surface area contributed by atoms with E-state index < -0.39 is 10.3 Å². The van der Waals surface area contributed by atoms with E-state index >= 15 is 0 Å². The lowest BCUT2D eigenvalue weighted by atomic mass is 10.0. The van der Waals surface area contributed by atoms with E-state index in [0.29, 0.717) is 5.69 Å². The lowest BCUT2D eigenvalue weighted by Gasteiger charge is -2.46. The molecule has 1 N–H and O–H groups in total. The number of rotatable bonds is 9. The molecule has 0 aromatic heterocycles. The lowest BCUT2D eigenvalue weighted by Crippen LogP contribution is -2.36. The Morgan fingerprint density at radius 1 is 1.14 bits per heavy atom. The molecular weight excluding hydrogens is 380 g/mol. The number of nitrogens with zero attached hydrogens (tertiary/aromatic N) is 1. The van der Waals surface area contributed by atoms with E-state index in [1.165, 1.54) is 11.1 Å². The van der Waals surface area contributed by atoms with Gasteiger partial charge in [0.15, 0.2) is 0 Å². The van der Waals surface area contributed by atoms with Gasteiger partial charge < -0.3 is 9.50 Å². The van der Waals surface area contributed by atoms with E-state index in [1.807, 2.05) is 26.0 Å². The van der Waals surface area contributed by atoms with Gasteiger partial charge >= 0.3 is 0 Å². The largest absolute Gasteiger partial charge is 0.327 e. The summed E-state index contributed by atoms with van der Waals surface area (Å²) in [4.78, 5) is 10.5. The number of allylic oxidation sites excluding steroid dienone is 2. The van der Waals surface area contributed by atoms with E-state index in [2.05, 4.69) is 62.0 Å². The van der Waals surface area contributed by atoms with Gasteiger partial charge in [0.1, 0.15) is 11.8 Å². The monoisotopic (exact) mass is 420 g/mol. The summed E-state index contributed by atoms with van der Waals surface area (Å²) >= 11 is 0. The van der Waals surface area contributed by atoms with Crippen molar-refractivity contribution in [1.82, 2.24) is 5.32 Å². The fourth-order valence-corrected chi connectivity index (χ4v) is 3.75. The van der Waals surface area contributed by atoms with Crippen LogP contribution >= 0.6 is 10.3 Å². The maximum absolute atomic E-state index is 10.5. The second-order valence-electron chi connectivity index (χ2n) is 8.33. The molecule has 5 heteroatoms. The molecule has 0 saturated heterocycles. The second-order valence-corrected chi connectivity index (χ2v) is 12.2. The minimum absolute atomic E-state index is 0.0763. The van der Waals surface area contributed by atoms with Crippen molar-refractivity contribution in [3.8, 4) is 0 Å². The van der Waals surface area contributed by atoms with Crippen LogP contribution in [0.3, 0.4) is 0 Å². The quantitative estimate of drug-likeness (QED) is 0.358. The molecule has 0 fully saturated rings. The molecule has 0 saturated carbocycles. The van der Waals surface area contributed by atoms with Crippen molar-refractivity contribution in [2.75, 3.05) is 25.6 Å². The number of nitrogens with one attached hydrogen (secondary N) is 1. The van der Waals surface area contributed by atoms with Crippen LogP contribution in [0.1, 0.15) is 53.0 Å². The van der Waals surface area contributed by atoms with Gasteiger partial charge in [-0.15, -0.1) is 15.2 Å².